The van der Waals surface area contributed by atoms with Crippen molar-refractivity contribution in [2.45, 2.75) is 32.9 Å². The van der Waals surface area contributed by atoms with Crippen molar-refractivity contribution in [1.82, 2.24) is 10.2 Å². The summed E-state index contributed by atoms with van der Waals surface area (Å²) in [5.41, 5.74) is 2.49. The quantitative estimate of drug-likeness (QED) is 0.869. The number of rotatable bonds is 4. The maximum Gasteiger partial charge on any atom is 0.335 e. The van der Waals surface area contributed by atoms with E-state index in [2.05, 4.69) is 5.32 Å². The Bertz CT molecular complexity index is 526. The molecule has 0 radical (unpaired) electrons. The van der Waals surface area contributed by atoms with Crippen molar-refractivity contribution < 1.29 is 14.7 Å². The van der Waals surface area contributed by atoms with E-state index in [9.17, 15) is 9.59 Å². The zero-order chi connectivity index (χ0) is 14.7. The highest BCUT2D eigenvalue weighted by molar-refractivity contribution is 5.88. The summed E-state index contributed by atoms with van der Waals surface area (Å²) in [6, 6.07) is 5.37. The highest BCUT2D eigenvalue weighted by Crippen LogP contribution is 2.20. The first kappa shape index (κ1) is 14.5. The third kappa shape index (κ3) is 3.57. The topological polar surface area (TPSA) is 69.6 Å². The molecule has 0 spiro atoms. The minimum Gasteiger partial charge on any atom is -0.478 e. The van der Waals surface area contributed by atoms with E-state index in [-0.39, 0.29) is 11.9 Å². The maximum absolute atomic E-state index is 11.8. The van der Waals surface area contributed by atoms with Crippen LogP contribution in [0.3, 0.4) is 0 Å². The minimum atomic E-state index is -0.914. The molecule has 0 saturated heterocycles. The number of aromatic carboxylic acids is 1. The standard InChI is InChI=1S/C15H20N2O3/c1-10(2)16-14(18)9-17-6-5-11-3-4-12(15(19)20)7-13(11)8-17/h3-4,7,10H,5-6,8-9H2,1-2H3,(H,16,18)(H,19,20). The largest absolute Gasteiger partial charge is 0.478 e. The molecule has 5 heteroatoms. The van der Waals surface area contributed by atoms with Gasteiger partial charge in [-0.05, 0) is 43.5 Å². The molecule has 0 saturated carbocycles. The van der Waals surface area contributed by atoms with Gasteiger partial charge in [-0.25, -0.2) is 4.79 Å². The predicted octanol–water partition coefficient (Wildman–Crippen LogP) is 1.27. The molecule has 1 aromatic carbocycles. The maximum atomic E-state index is 11.8. The minimum absolute atomic E-state index is 0.0119. The fourth-order valence-corrected chi connectivity index (χ4v) is 2.45. The number of hydrogen-bond acceptors (Lipinski definition) is 3. The molecule has 1 aliphatic rings. The Kier molecular flexibility index (Phi) is 4.39. The first-order valence-corrected chi connectivity index (χ1v) is 6.82. The second kappa shape index (κ2) is 6.05. The Morgan fingerprint density at radius 2 is 2.10 bits per heavy atom. The van der Waals surface area contributed by atoms with Gasteiger partial charge in [0.05, 0.1) is 12.1 Å². The van der Waals surface area contributed by atoms with Gasteiger partial charge in [0.15, 0.2) is 0 Å². The number of carbonyl (C=O) groups is 2. The van der Waals surface area contributed by atoms with Crippen molar-refractivity contribution in [2.24, 2.45) is 0 Å². The number of amides is 1. The Labute approximate surface area is 118 Å². The number of nitrogens with zero attached hydrogens (tertiary/aromatic N) is 1. The highest BCUT2D eigenvalue weighted by Gasteiger charge is 2.19. The summed E-state index contributed by atoms with van der Waals surface area (Å²) in [4.78, 5) is 24.8. The number of carbonyl (C=O) groups excluding carboxylic acids is 1. The average Bonchev–Trinajstić information content (AvgIpc) is 2.36. The molecule has 1 aliphatic heterocycles. The summed E-state index contributed by atoms with van der Waals surface area (Å²) in [5, 5.41) is 11.9. The molecular weight excluding hydrogens is 256 g/mol. The van der Waals surface area contributed by atoms with Crippen LogP contribution in [-0.2, 0) is 17.8 Å². The normalized spacial score (nSPS) is 14.9. The lowest BCUT2D eigenvalue weighted by Gasteiger charge is -2.28. The number of benzene rings is 1. The van der Waals surface area contributed by atoms with E-state index in [0.717, 1.165) is 18.5 Å². The first-order valence-electron chi connectivity index (χ1n) is 6.82. The van der Waals surface area contributed by atoms with Crippen LogP contribution < -0.4 is 5.32 Å². The number of carboxylic acids is 1. The Hall–Kier alpha value is -1.88. The molecule has 2 N–H and O–H groups in total. The van der Waals surface area contributed by atoms with Crippen molar-refractivity contribution in [1.29, 1.82) is 0 Å². The van der Waals surface area contributed by atoms with Crippen molar-refractivity contribution in [2.75, 3.05) is 13.1 Å². The van der Waals surface area contributed by atoms with Gasteiger partial charge < -0.3 is 10.4 Å². The molecule has 0 fully saturated rings. The van der Waals surface area contributed by atoms with E-state index in [0.29, 0.717) is 18.7 Å². The van der Waals surface area contributed by atoms with E-state index >= 15 is 0 Å². The van der Waals surface area contributed by atoms with Crippen molar-refractivity contribution in [3.05, 3.63) is 34.9 Å². The number of fused-ring (bicyclic) bond motifs is 1. The van der Waals surface area contributed by atoms with E-state index in [1.807, 2.05) is 24.8 Å². The smallest absolute Gasteiger partial charge is 0.335 e. The second-order valence-corrected chi connectivity index (χ2v) is 5.47. The lowest BCUT2D eigenvalue weighted by atomic mass is 9.97. The molecule has 0 aliphatic carbocycles. The van der Waals surface area contributed by atoms with Crippen LogP contribution >= 0.6 is 0 Å². The summed E-state index contributed by atoms with van der Waals surface area (Å²) in [7, 11) is 0. The van der Waals surface area contributed by atoms with Crippen molar-refractivity contribution >= 4 is 11.9 Å². The van der Waals surface area contributed by atoms with Gasteiger partial charge in [-0.1, -0.05) is 6.07 Å². The average molecular weight is 276 g/mol. The van der Waals surface area contributed by atoms with Crippen LogP contribution in [0.15, 0.2) is 18.2 Å². The van der Waals surface area contributed by atoms with Crippen LogP contribution in [0.5, 0.6) is 0 Å². The summed E-state index contributed by atoms with van der Waals surface area (Å²) in [5.74, 6) is -0.902. The third-order valence-corrected chi connectivity index (χ3v) is 3.36. The number of carboxylic acid groups (broad SMARTS) is 1. The molecule has 1 amide bonds. The molecule has 0 atom stereocenters. The zero-order valence-electron chi connectivity index (χ0n) is 11.8. The van der Waals surface area contributed by atoms with Gasteiger partial charge >= 0.3 is 5.97 Å². The fraction of sp³-hybridized carbons (Fsp3) is 0.467. The highest BCUT2D eigenvalue weighted by atomic mass is 16.4. The lowest BCUT2D eigenvalue weighted by molar-refractivity contribution is -0.122. The van der Waals surface area contributed by atoms with Gasteiger partial charge in [0.25, 0.3) is 0 Å². The lowest BCUT2D eigenvalue weighted by Crippen LogP contribution is -2.42. The molecule has 108 valence electrons. The van der Waals surface area contributed by atoms with E-state index < -0.39 is 5.97 Å². The molecule has 20 heavy (non-hydrogen) atoms. The number of nitrogens with one attached hydrogen (secondary N) is 1. The van der Waals surface area contributed by atoms with Gasteiger partial charge in [-0.15, -0.1) is 0 Å². The molecule has 2 rings (SSSR count). The van der Waals surface area contributed by atoms with Gasteiger partial charge in [0.1, 0.15) is 0 Å². The van der Waals surface area contributed by atoms with Crippen LogP contribution in [0.2, 0.25) is 0 Å². The SMILES string of the molecule is CC(C)NC(=O)CN1CCc2ccc(C(=O)O)cc2C1. The molecule has 5 nitrogen and oxygen atoms in total. The van der Waals surface area contributed by atoms with Gasteiger partial charge in [0.2, 0.25) is 5.91 Å². The summed E-state index contributed by atoms with van der Waals surface area (Å²) in [6.07, 6.45) is 0.851. The fourth-order valence-electron chi connectivity index (χ4n) is 2.45. The van der Waals surface area contributed by atoms with E-state index in [1.165, 1.54) is 5.56 Å². The molecule has 1 aromatic rings. The molecule has 0 unspecified atom stereocenters. The zero-order valence-corrected chi connectivity index (χ0v) is 11.8. The van der Waals surface area contributed by atoms with Gasteiger partial charge in [-0.2, -0.15) is 0 Å². The van der Waals surface area contributed by atoms with Crippen molar-refractivity contribution in [3.63, 3.8) is 0 Å². The Balaban J connectivity index is 2.04. The molecule has 1 heterocycles. The Morgan fingerprint density at radius 1 is 1.35 bits per heavy atom. The molecule has 0 aromatic heterocycles. The first-order chi connectivity index (χ1) is 9.45. The summed E-state index contributed by atoms with van der Waals surface area (Å²) < 4.78 is 0. The second-order valence-electron chi connectivity index (χ2n) is 5.47. The number of hydrogen-bond donors (Lipinski definition) is 2. The summed E-state index contributed by atoms with van der Waals surface area (Å²) >= 11 is 0. The molecular formula is C15H20N2O3. The predicted molar refractivity (Wildman–Crippen MR) is 75.7 cm³/mol. The van der Waals surface area contributed by atoms with Crippen LogP contribution in [0.25, 0.3) is 0 Å². The van der Waals surface area contributed by atoms with Crippen LogP contribution in [0, 0.1) is 0 Å². The third-order valence-electron chi connectivity index (χ3n) is 3.36. The van der Waals surface area contributed by atoms with Crippen LogP contribution in [0.1, 0.15) is 35.3 Å². The Morgan fingerprint density at radius 3 is 2.75 bits per heavy atom. The monoisotopic (exact) mass is 276 g/mol. The van der Waals surface area contributed by atoms with Crippen LogP contribution in [-0.4, -0.2) is 41.0 Å². The van der Waals surface area contributed by atoms with Crippen LogP contribution in [0.4, 0.5) is 0 Å². The summed E-state index contributed by atoms with van der Waals surface area (Å²) in [6.45, 7) is 5.67. The van der Waals surface area contributed by atoms with Gasteiger partial charge in [0, 0.05) is 19.1 Å². The van der Waals surface area contributed by atoms with E-state index in [1.54, 1.807) is 12.1 Å². The van der Waals surface area contributed by atoms with Gasteiger partial charge in [-0.3, -0.25) is 9.69 Å². The van der Waals surface area contributed by atoms with E-state index in [4.69, 9.17) is 5.11 Å². The van der Waals surface area contributed by atoms with Crippen molar-refractivity contribution in [3.8, 4) is 0 Å². The molecule has 0 bridgehead atoms.